The molecule has 0 spiro atoms. The van der Waals surface area contributed by atoms with Gasteiger partial charge in [0, 0.05) is 31.7 Å². The number of hydrogen-bond acceptors (Lipinski definition) is 3. The van der Waals surface area contributed by atoms with Crippen molar-refractivity contribution in [2.24, 2.45) is 11.7 Å². The fraction of sp³-hybridized carbons (Fsp3) is 0.900. The Bertz CT molecular complexity index is 232. The van der Waals surface area contributed by atoms with Crippen LogP contribution in [0.1, 0.15) is 19.8 Å². The minimum absolute atomic E-state index is 0.0394. The van der Waals surface area contributed by atoms with Crippen molar-refractivity contribution in [2.45, 2.75) is 31.8 Å². The number of likely N-dealkylation sites (tertiary alicyclic amines) is 1. The highest BCUT2D eigenvalue weighted by Gasteiger charge is 2.36. The van der Waals surface area contributed by atoms with Crippen molar-refractivity contribution in [1.29, 1.82) is 0 Å². The van der Waals surface area contributed by atoms with Crippen molar-refractivity contribution in [1.82, 2.24) is 4.90 Å². The van der Waals surface area contributed by atoms with Gasteiger partial charge < -0.3 is 15.4 Å². The molecule has 0 saturated carbocycles. The summed E-state index contributed by atoms with van der Waals surface area (Å²) >= 11 is 0. The molecule has 3 atom stereocenters. The van der Waals surface area contributed by atoms with Gasteiger partial charge >= 0.3 is 0 Å². The highest BCUT2D eigenvalue weighted by atomic mass is 16.5. The Morgan fingerprint density at radius 1 is 1.57 bits per heavy atom. The van der Waals surface area contributed by atoms with Gasteiger partial charge in [0.15, 0.2) is 0 Å². The number of nitrogens with two attached hydrogens (primary N) is 1. The molecule has 2 aliphatic rings. The molecule has 4 heteroatoms. The fourth-order valence-electron chi connectivity index (χ4n) is 2.41. The summed E-state index contributed by atoms with van der Waals surface area (Å²) in [6.07, 6.45) is 1.48. The van der Waals surface area contributed by atoms with Gasteiger partial charge in [-0.05, 0) is 12.3 Å². The fourth-order valence-corrected chi connectivity index (χ4v) is 2.41. The molecule has 0 aromatic heterocycles. The maximum absolute atomic E-state index is 11.6. The molecule has 2 N–H and O–H groups in total. The maximum Gasteiger partial charge on any atom is 0.224 e. The van der Waals surface area contributed by atoms with Crippen LogP contribution >= 0.6 is 0 Å². The molecule has 2 heterocycles. The second kappa shape index (κ2) is 3.87. The third-order valence-electron chi connectivity index (χ3n) is 3.18. The van der Waals surface area contributed by atoms with E-state index < -0.39 is 0 Å². The molecule has 4 nitrogen and oxygen atoms in total. The van der Waals surface area contributed by atoms with Crippen LogP contribution in [-0.2, 0) is 9.53 Å². The summed E-state index contributed by atoms with van der Waals surface area (Å²) in [6.45, 7) is 4.41. The number of carbonyl (C=O) groups is 1. The lowest BCUT2D eigenvalue weighted by Crippen LogP contribution is -2.46. The van der Waals surface area contributed by atoms with E-state index in [-0.39, 0.29) is 11.9 Å². The van der Waals surface area contributed by atoms with E-state index in [0.29, 0.717) is 18.4 Å². The molecular formula is C10H18N2O2. The zero-order valence-electron chi connectivity index (χ0n) is 8.61. The lowest BCUT2D eigenvalue weighted by Gasteiger charge is -2.36. The van der Waals surface area contributed by atoms with E-state index in [1.54, 1.807) is 0 Å². The monoisotopic (exact) mass is 198 g/mol. The minimum Gasteiger partial charge on any atom is -0.381 e. The van der Waals surface area contributed by atoms with Gasteiger partial charge in [-0.3, -0.25) is 4.79 Å². The van der Waals surface area contributed by atoms with Crippen molar-refractivity contribution in [2.75, 3.05) is 19.8 Å². The first-order valence-corrected chi connectivity index (χ1v) is 5.31. The van der Waals surface area contributed by atoms with Gasteiger partial charge in [0.2, 0.25) is 5.91 Å². The average molecular weight is 198 g/mol. The predicted molar refractivity (Wildman–Crippen MR) is 52.7 cm³/mol. The quantitative estimate of drug-likeness (QED) is 0.644. The molecule has 1 amide bonds. The van der Waals surface area contributed by atoms with E-state index in [2.05, 4.69) is 6.92 Å². The Hall–Kier alpha value is -0.610. The van der Waals surface area contributed by atoms with Crippen molar-refractivity contribution < 1.29 is 9.53 Å². The third kappa shape index (κ3) is 1.77. The lowest BCUT2D eigenvalue weighted by atomic mass is 9.96. The van der Waals surface area contributed by atoms with Gasteiger partial charge in [0.25, 0.3) is 0 Å². The maximum atomic E-state index is 11.6. The smallest absolute Gasteiger partial charge is 0.224 e. The van der Waals surface area contributed by atoms with E-state index in [0.717, 1.165) is 26.2 Å². The van der Waals surface area contributed by atoms with Crippen molar-refractivity contribution in [3.05, 3.63) is 0 Å². The van der Waals surface area contributed by atoms with Crippen LogP contribution in [0.5, 0.6) is 0 Å². The number of ether oxygens (including phenoxy) is 1. The molecule has 14 heavy (non-hydrogen) atoms. The van der Waals surface area contributed by atoms with Gasteiger partial charge in [0.1, 0.15) is 0 Å². The summed E-state index contributed by atoms with van der Waals surface area (Å²) < 4.78 is 5.36. The molecule has 2 saturated heterocycles. The van der Waals surface area contributed by atoms with E-state index in [1.165, 1.54) is 0 Å². The largest absolute Gasteiger partial charge is 0.381 e. The van der Waals surface area contributed by atoms with Crippen LogP contribution in [0.25, 0.3) is 0 Å². The molecule has 80 valence electrons. The first kappa shape index (κ1) is 9.93. The molecule has 0 bridgehead atoms. The van der Waals surface area contributed by atoms with Gasteiger partial charge in [-0.15, -0.1) is 0 Å². The molecule has 0 radical (unpaired) electrons. The normalized spacial score (nSPS) is 39.1. The summed E-state index contributed by atoms with van der Waals surface area (Å²) in [7, 11) is 0. The number of rotatable bonds is 1. The standard InChI is InChI=1S/C10H18N2O2/c1-7-6-14-3-2-9(7)12-5-8(11)4-10(12)13/h7-9H,2-6,11H2,1H3. The Labute approximate surface area is 84.4 Å². The second-order valence-electron chi connectivity index (χ2n) is 4.42. The van der Waals surface area contributed by atoms with E-state index in [1.807, 2.05) is 4.90 Å². The summed E-state index contributed by atoms with van der Waals surface area (Å²) in [6, 6.07) is 0.391. The van der Waals surface area contributed by atoms with Gasteiger partial charge in [-0.25, -0.2) is 0 Å². The SMILES string of the molecule is CC1COCCC1N1CC(N)CC1=O. The van der Waals surface area contributed by atoms with Crippen LogP contribution in [0.2, 0.25) is 0 Å². The number of hydrogen-bond donors (Lipinski definition) is 1. The number of carbonyl (C=O) groups excluding carboxylic acids is 1. The lowest BCUT2D eigenvalue weighted by molar-refractivity contribution is -0.133. The van der Waals surface area contributed by atoms with E-state index in [4.69, 9.17) is 10.5 Å². The minimum atomic E-state index is 0.0394. The molecule has 0 aromatic carbocycles. The summed E-state index contributed by atoms with van der Waals surface area (Å²) in [4.78, 5) is 13.6. The van der Waals surface area contributed by atoms with Crippen LogP contribution in [0.4, 0.5) is 0 Å². The zero-order valence-corrected chi connectivity index (χ0v) is 8.61. The second-order valence-corrected chi connectivity index (χ2v) is 4.42. The van der Waals surface area contributed by atoms with Gasteiger partial charge in [-0.2, -0.15) is 0 Å². The van der Waals surface area contributed by atoms with Crippen LogP contribution < -0.4 is 5.73 Å². The number of nitrogens with zero attached hydrogens (tertiary/aromatic N) is 1. The molecule has 2 aliphatic heterocycles. The van der Waals surface area contributed by atoms with E-state index >= 15 is 0 Å². The highest BCUT2D eigenvalue weighted by Crippen LogP contribution is 2.24. The summed E-state index contributed by atoms with van der Waals surface area (Å²) in [5.74, 6) is 0.661. The van der Waals surface area contributed by atoms with Crippen LogP contribution in [0.15, 0.2) is 0 Å². The molecule has 0 aromatic rings. The van der Waals surface area contributed by atoms with Crippen molar-refractivity contribution in [3.63, 3.8) is 0 Å². The Balaban J connectivity index is 2.02. The molecule has 3 unspecified atom stereocenters. The molecule has 2 fully saturated rings. The Kier molecular flexibility index (Phi) is 2.74. The molecule has 0 aliphatic carbocycles. The van der Waals surface area contributed by atoms with Crippen LogP contribution in [0, 0.1) is 5.92 Å². The van der Waals surface area contributed by atoms with Crippen molar-refractivity contribution in [3.8, 4) is 0 Å². The Morgan fingerprint density at radius 3 is 2.93 bits per heavy atom. The van der Waals surface area contributed by atoms with E-state index in [9.17, 15) is 4.79 Å². The predicted octanol–water partition coefficient (Wildman–Crippen LogP) is -0.0290. The molecular weight excluding hydrogens is 180 g/mol. The third-order valence-corrected chi connectivity index (χ3v) is 3.18. The molecule has 2 rings (SSSR count). The first-order valence-electron chi connectivity index (χ1n) is 5.31. The summed E-state index contributed by atoms with van der Waals surface area (Å²) in [5.41, 5.74) is 5.77. The average Bonchev–Trinajstić information content (AvgIpc) is 2.46. The topological polar surface area (TPSA) is 55.6 Å². The summed E-state index contributed by atoms with van der Waals surface area (Å²) in [5, 5.41) is 0. The highest BCUT2D eigenvalue weighted by molar-refractivity contribution is 5.79. The van der Waals surface area contributed by atoms with Crippen LogP contribution in [0.3, 0.4) is 0 Å². The zero-order chi connectivity index (χ0) is 10.1. The Morgan fingerprint density at radius 2 is 2.36 bits per heavy atom. The van der Waals surface area contributed by atoms with Gasteiger partial charge in [0.05, 0.1) is 6.61 Å². The first-order chi connectivity index (χ1) is 6.68. The van der Waals surface area contributed by atoms with Gasteiger partial charge in [-0.1, -0.05) is 6.92 Å². The van der Waals surface area contributed by atoms with Crippen LogP contribution in [-0.4, -0.2) is 42.6 Å². The number of amides is 1. The van der Waals surface area contributed by atoms with Crippen molar-refractivity contribution >= 4 is 5.91 Å².